The molecule has 0 aliphatic carbocycles. The molecule has 1 aromatic heterocycles. The Bertz CT molecular complexity index is 777. The molecular weight excluding hydrogens is 342 g/mol. The molecule has 0 aliphatic rings. The van der Waals surface area contributed by atoms with Gasteiger partial charge < -0.3 is 15.0 Å². The van der Waals surface area contributed by atoms with E-state index in [1.165, 1.54) is 13.2 Å². The highest BCUT2D eigenvalue weighted by atomic mass is 32.2. The Kier molecular flexibility index (Phi) is 7.21. The normalized spacial score (nSPS) is 10.3. The van der Waals surface area contributed by atoms with Crippen molar-refractivity contribution >= 4 is 23.6 Å². The molecule has 0 saturated heterocycles. The lowest BCUT2D eigenvalue weighted by Gasteiger charge is -2.06. The van der Waals surface area contributed by atoms with Crippen LogP contribution in [0.4, 0.5) is 0 Å². The van der Waals surface area contributed by atoms with Gasteiger partial charge in [0.15, 0.2) is 5.16 Å². The van der Waals surface area contributed by atoms with Gasteiger partial charge in [0, 0.05) is 12.6 Å². The predicted molar refractivity (Wildman–Crippen MR) is 94.5 cm³/mol. The van der Waals surface area contributed by atoms with Gasteiger partial charge in [-0.05, 0) is 12.0 Å². The number of aromatic nitrogens is 2. The van der Waals surface area contributed by atoms with Crippen molar-refractivity contribution in [3.05, 3.63) is 58.0 Å². The summed E-state index contributed by atoms with van der Waals surface area (Å²) in [5, 5.41) is 3.11. The maximum Gasteiger partial charge on any atom is 0.311 e. The number of nitrogens with zero attached hydrogens (tertiary/aromatic N) is 1. The van der Waals surface area contributed by atoms with Crippen LogP contribution in [0, 0.1) is 0 Å². The fourth-order valence-corrected chi connectivity index (χ4v) is 2.76. The Morgan fingerprint density at radius 3 is 2.76 bits per heavy atom. The standard InChI is InChI=1S/C17H19N3O4S/c1-24-16(23)10-13-9-14(21)20-17(19-13)25-11-15(22)18-8-7-12-5-3-2-4-6-12/h2-6,9H,7-8,10-11H2,1H3,(H,18,22)(H,19,20,21). The van der Waals surface area contributed by atoms with Crippen molar-refractivity contribution in [2.45, 2.75) is 18.0 Å². The topological polar surface area (TPSA) is 101 Å². The van der Waals surface area contributed by atoms with Gasteiger partial charge in [-0.3, -0.25) is 14.4 Å². The first-order valence-electron chi connectivity index (χ1n) is 7.67. The maximum absolute atomic E-state index is 11.9. The number of hydrogen-bond acceptors (Lipinski definition) is 6. The van der Waals surface area contributed by atoms with E-state index in [9.17, 15) is 14.4 Å². The summed E-state index contributed by atoms with van der Waals surface area (Å²) in [7, 11) is 1.27. The Balaban J connectivity index is 1.80. The number of aromatic amines is 1. The molecule has 0 radical (unpaired) electrons. The van der Waals surface area contributed by atoms with E-state index in [-0.39, 0.29) is 23.6 Å². The largest absolute Gasteiger partial charge is 0.469 e. The second kappa shape index (κ2) is 9.63. The summed E-state index contributed by atoms with van der Waals surface area (Å²) in [6.07, 6.45) is 0.665. The summed E-state index contributed by atoms with van der Waals surface area (Å²) in [5.41, 5.74) is 1.08. The number of rotatable bonds is 8. The van der Waals surface area contributed by atoms with Crippen molar-refractivity contribution in [2.75, 3.05) is 19.4 Å². The number of thioether (sulfide) groups is 1. The number of nitrogens with one attached hydrogen (secondary N) is 2. The summed E-state index contributed by atoms with van der Waals surface area (Å²) >= 11 is 1.11. The van der Waals surface area contributed by atoms with Crippen LogP contribution in [0.15, 0.2) is 46.3 Å². The smallest absolute Gasteiger partial charge is 0.311 e. The third-order valence-corrected chi connectivity index (χ3v) is 4.12. The summed E-state index contributed by atoms with van der Waals surface area (Å²) in [4.78, 5) is 41.4. The minimum absolute atomic E-state index is 0.0861. The van der Waals surface area contributed by atoms with Gasteiger partial charge in [-0.25, -0.2) is 4.98 Å². The molecule has 2 rings (SSSR count). The summed E-state index contributed by atoms with van der Waals surface area (Å²) in [5.74, 6) is -0.506. The number of esters is 1. The molecule has 0 unspecified atom stereocenters. The number of carbonyl (C=O) groups is 2. The van der Waals surface area contributed by atoms with Gasteiger partial charge in [0.25, 0.3) is 5.56 Å². The minimum atomic E-state index is -0.479. The monoisotopic (exact) mass is 361 g/mol. The van der Waals surface area contributed by atoms with Gasteiger partial charge in [-0.15, -0.1) is 0 Å². The first-order valence-corrected chi connectivity index (χ1v) is 8.66. The van der Waals surface area contributed by atoms with Gasteiger partial charge in [0.2, 0.25) is 5.91 Å². The van der Waals surface area contributed by atoms with Gasteiger partial charge in [-0.1, -0.05) is 42.1 Å². The lowest BCUT2D eigenvalue weighted by molar-refractivity contribution is -0.139. The molecule has 1 heterocycles. The van der Waals surface area contributed by atoms with E-state index in [1.807, 2.05) is 30.3 Å². The van der Waals surface area contributed by atoms with Gasteiger partial charge in [-0.2, -0.15) is 0 Å². The molecule has 0 fully saturated rings. The molecule has 7 nitrogen and oxygen atoms in total. The molecule has 0 bridgehead atoms. The van der Waals surface area contributed by atoms with E-state index in [0.717, 1.165) is 23.7 Å². The van der Waals surface area contributed by atoms with Crippen molar-refractivity contribution < 1.29 is 14.3 Å². The van der Waals surface area contributed by atoms with Crippen molar-refractivity contribution in [2.24, 2.45) is 0 Å². The third kappa shape index (κ3) is 6.80. The second-order valence-electron chi connectivity index (χ2n) is 5.17. The Morgan fingerprint density at radius 1 is 1.28 bits per heavy atom. The van der Waals surface area contributed by atoms with E-state index >= 15 is 0 Å². The minimum Gasteiger partial charge on any atom is -0.469 e. The first kappa shape index (κ1) is 18.7. The fraction of sp³-hybridized carbons (Fsp3) is 0.294. The van der Waals surface area contributed by atoms with E-state index in [0.29, 0.717) is 17.4 Å². The number of ether oxygens (including phenoxy) is 1. The van der Waals surface area contributed by atoms with Crippen molar-refractivity contribution in [3.8, 4) is 0 Å². The van der Waals surface area contributed by atoms with Crippen LogP contribution in [0.1, 0.15) is 11.3 Å². The number of hydrogen-bond donors (Lipinski definition) is 2. The highest BCUT2D eigenvalue weighted by Crippen LogP contribution is 2.11. The predicted octanol–water partition coefficient (Wildman–Crippen LogP) is 0.936. The zero-order valence-corrected chi connectivity index (χ0v) is 14.6. The summed E-state index contributed by atoms with van der Waals surface area (Å²) < 4.78 is 4.55. The van der Waals surface area contributed by atoms with Gasteiger partial charge in [0.1, 0.15) is 0 Å². The average molecular weight is 361 g/mol. The van der Waals surface area contributed by atoms with Crippen LogP contribution in [0.3, 0.4) is 0 Å². The molecule has 132 valence electrons. The SMILES string of the molecule is COC(=O)Cc1cc(=O)[nH]c(SCC(=O)NCCc2ccccc2)n1. The van der Waals surface area contributed by atoms with Gasteiger partial charge >= 0.3 is 5.97 Å². The lowest BCUT2D eigenvalue weighted by Crippen LogP contribution is -2.27. The number of H-pyrrole nitrogens is 1. The van der Waals surface area contributed by atoms with Crippen LogP contribution in [0.2, 0.25) is 0 Å². The van der Waals surface area contributed by atoms with Crippen LogP contribution in [0.5, 0.6) is 0 Å². The zero-order chi connectivity index (χ0) is 18.1. The van der Waals surface area contributed by atoms with Crippen LogP contribution >= 0.6 is 11.8 Å². The molecule has 0 spiro atoms. The van der Waals surface area contributed by atoms with Crippen molar-refractivity contribution in [1.82, 2.24) is 15.3 Å². The maximum atomic E-state index is 11.9. The van der Waals surface area contributed by atoms with Crippen LogP contribution in [-0.2, 0) is 27.2 Å². The molecule has 0 aliphatic heterocycles. The molecule has 25 heavy (non-hydrogen) atoms. The molecule has 2 aromatic rings. The number of carbonyl (C=O) groups excluding carboxylic acids is 2. The molecule has 0 atom stereocenters. The van der Waals surface area contributed by atoms with Gasteiger partial charge in [0.05, 0.1) is 25.0 Å². The van der Waals surface area contributed by atoms with Crippen LogP contribution in [0.25, 0.3) is 0 Å². The number of methoxy groups -OCH3 is 1. The van der Waals surface area contributed by atoms with E-state index in [4.69, 9.17) is 0 Å². The zero-order valence-electron chi connectivity index (χ0n) is 13.8. The second-order valence-corrected chi connectivity index (χ2v) is 6.13. The van der Waals surface area contributed by atoms with E-state index in [2.05, 4.69) is 20.0 Å². The first-order chi connectivity index (χ1) is 12.1. The Hall–Kier alpha value is -2.61. The Morgan fingerprint density at radius 2 is 2.04 bits per heavy atom. The third-order valence-electron chi connectivity index (χ3n) is 3.24. The van der Waals surface area contributed by atoms with E-state index < -0.39 is 5.97 Å². The molecule has 0 saturated carbocycles. The highest BCUT2D eigenvalue weighted by Gasteiger charge is 2.09. The highest BCUT2D eigenvalue weighted by molar-refractivity contribution is 7.99. The fourth-order valence-electron chi connectivity index (χ4n) is 2.04. The van der Waals surface area contributed by atoms with Crippen molar-refractivity contribution in [1.29, 1.82) is 0 Å². The van der Waals surface area contributed by atoms with Crippen LogP contribution in [-0.4, -0.2) is 41.3 Å². The molecular formula is C17H19N3O4S. The lowest BCUT2D eigenvalue weighted by atomic mass is 10.1. The molecule has 8 heteroatoms. The van der Waals surface area contributed by atoms with Crippen LogP contribution < -0.4 is 10.9 Å². The average Bonchev–Trinajstić information content (AvgIpc) is 2.60. The molecule has 2 N–H and O–H groups in total. The van der Waals surface area contributed by atoms with E-state index in [1.54, 1.807) is 0 Å². The number of benzene rings is 1. The number of amides is 1. The molecule has 1 aromatic carbocycles. The quantitative estimate of drug-likeness (QED) is 0.412. The summed E-state index contributed by atoms with van der Waals surface area (Å²) in [6.45, 7) is 0.537. The van der Waals surface area contributed by atoms with Crippen molar-refractivity contribution in [3.63, 3.8) is 0 Å². The Labute approximate surface area is 149 Å². The summed E-state index contributed by atoms with van der Waals surface area (Å²) in [6, 6.07) is 11.1. The molecule has 1 amide bonds.